The summed E-state index contributed by atoms with van der Waals surface area (Å²) >= 11 is 0. The van der Waals surface area contributed by atoms with E-state index in [1.807, 2.05) is 0 Å². The van der Waals surface area contributed by atoms with Gasteiger partial charge < -0.3 is 24.0 Å². The van der Waals surface area contributed by atoms with E-state index in [1.165, 1.54) is 23.0 Å². The van der Waals surface area contributed by atoms with E-state index in [-0.39, 0.29) is 24.0 Å². The van der Waals surface area contributed by atoms with Gasteiger partial charge in [-0.15, -0.1) is 0 Å². The number of rotatable bonds is 2. The second-order valence-electron chi connectivity index (χ2n) is 3.69. The van der Waals surface area contributed by atoms with Gasteiger partial charge in [0.1, 0.15) is 6.54 Å². The van der Waals surface area contributed by atoms with Gasteiger partial charge in [-0.1, -0.05) is 19.1 Å². The molecule has 2 aromatic rings. The van der Waals surface area contributed by atoms with Crippen LogP contribution in [0.4, 0.5) is 0 Å². The van der Waals surface area contributed by atoms with Crippen molar-refractivity contribution in [3.63, 3.8) is 0 Å². The highest BCUT2D eigenvalue weighted by atomic mass is 127. The van der Waals surface area contributed by atoms with E-state index in [1.54, 1.807) is 0 Å². The number of nitrogens with zero attached hydrogens (tertiary/aromatic N) is 1. The molecule has 0 spiro atoms. The number of fused-ring (bicyclic) bond motifs is 1. The SMILES string of the molecule is CCC[n+]1c(C)ccc2ccccc21.[I-]. The van der Waals surface area contributed by atoms with Crippen LogP contribution in [0.5, 0.6) is 0 Å². The van der Waals surface area contributed by atoms with Crippen molar-refractivity contribution >= 4 is 10.9 Å². The highest BCUT2D eigenvalue weighted by molar-refractivity contribution is 5.75. The predicted molar refractivity (Wildman–Crippen MR) is 59.2 cm³/mol. The second kappa shape index (κ2) is 5.45. The molecule has 0 bridgehead atoms. The Balaban J connectivity index is 0.00000112. The fraction of sp³-hybridized carbons (Fsp3) is 0.308. The van der Waals surface area contributed by atoms with Gasteiger partial charge in [-0.25, -0.2) is 0 Å². The predicted octanol–water partition coefficient (Wildman–Crippen LogP) is -0.150. The maximum atomic E-state index is 2.38. The van der Waals surface area contributed by atoms with E-state index in [4.69, 9.17) is 0 Å². The summed E-state index contributed by atoms with van der Waals surface area (Å²) in [4.78, 5) is 0. The molecule has 0 saturated carbocycles. The van der Waals surface area contributed by atoms with Gasteiger partial charge >= 0.3 is 0 Å². The number of aryl methyl sites for hydroxylation is 2. The van der Waals surface area contributed by atoms with Crippen molar-refractivity contribution in [3.05, 3.63) is 42.1 Å². The van der Waals surface area contributed by atoms with E-state index in [0.29, 0.717) is 0 Å². The summed E-state index contributed by atoms with van der Waals surface area (Å²) in [5.74, 6) is 0. The third-order valence-corrected chi connectivity index (χ3v) is 2.60. The lowest BCUT2D eigenvalue weighted by Gasteiger charge is -2.02. The monoisotopic (exact) mass is 313 g/mol. The Kier molecular flexibility index (Phi) is 4.51. The largest absolute Gasteiger partial charge is 1.00 e. The minimum absolute atomic E-state index is 0. The Morgan fingerprint density at radius 3 is 2.53 bits per heavy atom. The number of hydrogen-bond donors (Lipinski definition) is 0. The van der Waals surface area contributed by atoms with Crippen LogP contribution in [0.25, 0.3) is 10.9 Å². The first kappa shape index (κ1) is 12.4. The van der Waals surface area contributed by atoms with Crippen molar-refractivity contribution in [1.82, 2.24) is 0 Å². The zero-order chi connectivity index (χ0) is 9.97. The average Bonchev–Trinajstić information content (AvgIpc) is 2.23. The van der Waals surface area contributed by atoms with Crippen molar-refractivity contribution in [2.24, 2.45) is 0 Å². The standard InChI is InChI=1S/C13H16N.HI/c1-3-10-14-11(2)8-9-12-6-4-5-7-13(12)14;/h4-9H,3,10H2,1-2H3;1H/q+1;/p-1. The molecule has 0 N–H and O–H groups in total. The normalized spacial score (nSPS) is 10.0. The fourth-order valence-corrected chi connectivity index (χ4v) is 1.89. The molecule has 2 heteroatoms. The number of halogens is 1. The summed E-state index contributed by atoms with van der Waals surface area (Å²) in [6.45, 7) is 5.49. The van der Waals surface area contributed by atoms with E-state index >= 15 is 0 Å². The quantitative estimate of drug-likeness (QED) is 0.536. The van der Waals surface area contributed by atoms with Crippen LogP contribution in [-0.2, 0) is 6.54 Å². The van der Waals surface area contributed by atoms with Crippen molar-refractivity contribution in [3.8, 4) is 0 Å². The van der Waals surface area contributed by atoms with E-state index in [0.717, 1.165) is 6.54 Å². The third-order valence-electron chi connectivity index (χ3n) is 2.60. The Labute approximate surface area is 108 Å². The van der Waals surface area contributed by atoms with Crippen LogP contribution in [0.2, 0.25) is 0 Å². The smallest absolute Gasteiger partial charge is 0.212 e. The fourth-order valence-electron chi connectivity index (χ4n) is 1.89. The summed E-state index contributed by atoms with van der Waals surface area (Å²) in [6.07, 6.45) is 1.18. The van der Waals surface area contributed by atoms with Crippen LogP contribution < -0.4 is 28.5 Å². The van der Waals surface area contributed by atoms with Gasteiger partial charge in [-0.2, -0.15) is 4.57 Å². The van der Waals surface area contributed by atoms with Crippen molar-refractivity contribution < 1.29 is 28.5 Å². The number of hydrogen-bond acceptors (Lipinski definition) is 0. The number of pyridine rings is 1. The summed E-state index contributed by atoms with van der Waals surface area (Å²) < 4.78 is 2.38. The highest BCUT2D eigenvalue weighted by Gasteiger charge is 2.09. The molecule has 0 radical (unpaired) electrons. The van der Waals surface area contributed by atoms with Crippen molar-refractivity contribution in [2.45, 2.75) is 26.8 Å². The molecule has 80 valence electrons. The average molecular weight is 313 g/mol. The molecule has 0 atom stereocenters. The zero-order valence-corrected chi connectivity index (χ0v) is 11.4. The van der Waals surface area contributed by atoms with E-state index < -0.39 is 0 Å². The first-order chi connectivity index (χ1) is 6.83. The topological polar surface area (TPSA) is 3.88 Å². The van der Waals surface area contributed by atoms with Gasteiger partial charge in [-0.3, -0.25) is 0 Å². The lowest BCUT2D eigenvalue weighted by Crippen LogP contribution is -3.00. The minimum Gasteiger partial charge on any atom is -1.00 e. The molecule has 0 aliphatic rings. The summed E-state index contributed by atoms with van der Waals surface area (Å²) in [7, 11) is 0. The molecule has 1 heterocycles. The summed E-state index contributed by atoms with van der Waals surface area (Å²) in [6, 6.07) is 12.9. The van der Waals surface area contributed by atoms with Crippen LogP contribution >= 0.6 is 0 Å². The lowest BCUT2D eigenvalue weighted by molar-refractivity contribution is -0.677. The maximum Gasteiger partial charge on any atom is 0.212 e. The maximum absolute atomic E-state index is 2.38. The number of aromatic nitrogens is 1. The molecule has 1 aromatic carbocycles. The van der Waals surface area contributed by atoms with Crippen LogP contribution in [0.1, 0.15) is 19.0 Å². The Hall–Kier alpha value is -0.640. The molecular weight excluding hydrogens is 297 g/mol. The molecule has 0 aliphatic heterocycles. The molecule has 15 heavy (non-hydrogen) atoms. The number of para-hydroxylation sites is 1. The van der Waals surface area contributed by atoms with Crippen LogP contribution in [0.15, 0.2) is 36.4 Å². The van der Waals surface area contributed by atoms with Gasteiger partial charge in [0.15, 0.2) is 5.69 Å². The first-order valence-corrected chi connectivity index (χ1v) is 5.21. The Morgan fingerprint density at radius 1 is 1.07 bits per heavy atom. The molecule has 0 fully saturated rings. The third kappa shape index (κ3) is 2.48. The highest BCUT2D eigenvalue weighted by Crippen LogP contribution is 2.10. The number of benzene rings is 1. The van der Waals surface area contributed by atoms with Gasteiger partial charge in [0, 0.05) is 30.9 Å². The second-order valence-corrected chi connectivity index (χ2v) is 3.69. The molecule has 1 aromatic heterocycles. The van der Waals surface area contributed by atoms with Gasteiger partial charge in [0.05, 0.1) is 0 Å². The summed E-state index contributed by atoms with van der Waals surface area (Å²) in [5, 5.41) is 1.33. The van der Waals surface area contributed by atoms with Gasteiger partial charge in [-0.05, 0) is 12.1 Å². The van der Waals surface area contributed by atoms with Crippen molar-refractivity contribution in [1.29, 1.82) is 0 Å². The first-order valence-electron chi connectivity index (χ1n) is 5.21. The molecular formula is C13H16IN. The molecule has 2 rings (SSSR count). The van der Waals surface area contributed by atoms with Crippen LogP contribution in [0.3, 0.4) is 0 Å². The Bertz CT molecular complexity index is 451. The van der Waals surface area contributed by atoms with E-state index in [2.05, 4.69) is 54.8 Å². The molecule has 0 amide bonds. The minimum atomic E-state index is 0. The lowest BCUT2D eigenvalue weighted by atomic mass is 10.2. The van der Waals surface area contributed by atoms with Crippen LogP contribution in [0, 0.1) is 6.92 Å². The van der Waals surface area contributed by atoms with Gasteiger partial charge in [0.2, 0.25) is 5.52 Å². The Morgan fingerprint density at radius 2 is 1.80 bits per heavy atom. The zero-order valence-electron chi connectivity index (χ0n) is 9.20. The molecule has 0 unspecified atom stereocenters. The molecule has 1 nitrogen and oxygen atoms in total. The van der Waals surface area contributed by atoms with E-state index in [9.17, 15) is 0 Å². The molecule has 0 saturated heterocycles. The van der Waals surface area contributed by atoms with Crippen molar-refractivity contribution in [2.75, 3.05) is 0 Å². The van der Waals surface area contributed by atoms with Gasteiger partial charge in [0.25, 0.3) is 0 Å². The van der Waals surface area contributed by atoms with Crippen LogP contribution in [-0.4, -0.2) is 0 Å². The summed E-state index contributed by atoms with van der Waals surface area (Å²) in [5.41, 5.74) is 2.68. The molecule has 0 aliphatic carbocycles.